The fourth-order valence-electron chi connectivity index (χ4n) is 2.84. The SMILES string of the molecule is Cc1cc2oc(=O)cc(CSc3nnc(C(F)(F)F)n3N)c2cc1C(C)C. The maximum Gasteiger partial charge on any atom is 0.453 e. The zero-order valence-corrected chi connectivity index (χ0v) is 15.6. The van der Waals surface area contributed by atoms with Crippen molar-refractivity contribution in [1.82, 2.24) is 14.9 Å². The van der Waals surface area contributed by atoms with Crippen LogP contribution in [0, 0.1) is 6.92 Å². The van der Waals surface area contributed by atoms with Crippen LogP contribution in [-0.2, 0) is 11.9 Å². The minimum atomic E-state index is -4.69. The van der Waals surface area contributed by atoms with E-state index in [4.69, 9.17) is 10.3 Å². The van der Waals surface area contributed by atoms with Crippen LogP contribution in [0.25, 0.3) is 11.0 Å². The summed E-state index contributed by atoms with van der Waals surface area (Å²) in [5.74, 6) is 4.63. The van der Waals surface area contributed by atoms with Crippen molar-refractivity contribution in [3.63, 3.8) is 0 Å². The van der Waals surface area contributed by atoms with E-state index in [-0.39, 0.29) is 16.8 Å². The number of fused-ring (bicyclic) bond motifs is 1. The van der Waals surface area contributed by atoms with Gasteiger partial charge in [0.1, 0.15) is 5.58 Å². The number of halogens is 3. The number of nitrogen functional groups attached to an aromatic ring is 1. The highest BCUT2D eigenvalue weighted by Gasteiger charge is 2.38. The van der Waals surface area contributed by atoms with Gasteiger partial charge in [0.15, 0.2) is 0 Å². The van der Waals surface area contributed by atoms with Crippen LogP contribution in [0.3, 0.4) is 0 Å². The zero-order valence-electron chi connectivity index (χ0n) is 14.8. The number of aromatic nitrogens is 3. The highest BCUT2D eigenvalue weighted by Crippen LogP contribution is 2.32. The molecule has 0 saturated carbocycles. The molecule has 144 valence electrons. The molecule has 0 aliphatic heterocycles. The van der Waals surface area contributed by atoms with Crippen molar-refractivity contribution >= 4 is 22.7 Å². The topological polar surface area (TPSA) is 86.9 Å². The second kappa shape index (κ2) is 6.91. The largest absolute Gasteiger partial charge is 0.453 e. The first kappa shape index (κ1) is 19.3. The first-order chi connectivity index (χ1) is 12.6. The van der Waals surface area contributed by atoms with Crippen molar-refractivity contribution in [1.29, 1.82) is 0 Å². The van der Waals surface area contributed by atoms with E-state index in [1.165, 1.54) is 6.07 Å². The first-order valence-corrected chi connectivity index (χ1v) is 9.04. The number of benzene rings is 1. The maximum absolute atomic E-state index is 12.8. The molecule has 0 unspecified atom stereocenters. The highest BCUT2D eigenvalue weighted by atomic mass is 32.2. The summed E-state index contributed by atoms with van der Waals surface area (Å²) in [4.78, 5) is 11.9. The van der Waals surface area contributed by atoms with Crippen LogP contribution >= 0.6 is 11.8 Å². The average Bonchev–Trinajstić information content (AvgIpc) is 2.92. The predicted molar refractivity (Wildman–Crippen MR) is 96.0 cm³/mol. The van der Waals surface area contributed by atoms with Crippen molar-refractivity contribution in [2.45, 2.75) is 43.8 Å². The van der Waals surface area contributed by atoms with Gasteiger partial charge in [-0.1, -0.05) is 25.6 Å². The van der Waals surface area contributed by atoms with E-state index in [1.807, 2.05) is 13.0 Å². The van der Waals surface area contributed by atoms with E-state index < -0.39 is 17.6 Å². The molecule has 0 aliphatic rings. The van der Waals surface area contributed by atoms with Crippen LogP contribution in [0.15, 0.2) is 32.6 Å². The standard InChI is InChI=1S/C17H17F3N4O2S/c1-8(2)11-6-12-10(5-14(25)26-13(12)4-9(11)3)7-27-16-23-22-15(24(16)21)17(18,19)20/h4-6,8H,7,21H2,1-3H3. The van der Waals surface area contributed by atoms with Gasteiger partial charge in [-0.05, 0) is 41.7 Å². The molecule has 0 atom stereocenters. The van der Waals surface area contributed by atoms with Crippen LogP contribution in [0.1, 0.15) is 42.3 Å². The third kappa shape index (κ3) is 3.80. The van der Waals surface area contributed by atoms with Crippen LogP contribution in [-0.4, -0.2) is 14.9 Å². The second-order valence-electron chi connectivity index (χ2n) is 6.41. The highest BCUT2D eigenvalue weighted by molar-refractivity contribution is 7.98. The average molecular weight is 398 g/mol. The van der Waals surface area contributed by atoms with Gasteiger partial charge >= 0.3 is 11.8 Å². The van der Waals surface area contributed by atoms with E-state index in [1.54, 1.807) is 6.07 Å². The Morgan fingerprint density at radius 1 is 1.26 bits per heavy atom. The molecule has 0 fully saturated rings. The molecule has 2 heterocycles. The van der Waals surface area contributed by atoms with Gasteiger partial charge in [-0.3, -0.25) is 0 Å². The maximum atomic E-state index is 12.8. The number of nitrogens with zero attached hydrogens (tertiary/aromatic N) is 3. The molecule has 0 radical (unpaired) electrons. The molecule has 10 heteroatoms. The summed E-state index contributed by atoms with van der Waals surface area (Å²) >= 11 is 0.963. The minimum Gasteiger partial charge on any atom is -0.423 e. The summed E-state index contributed by atoms with van der Waals surface area (Å²) in [5, 5.41) is 7.21. The van der Waals surface area contributed by atoms with Gasteiger partial charge in [-0.15, -0.1) is 10.2 Å². The Morgan fingerprint density at radius 2 is 1.96 bits per heavy atom. The van der Waals surface area contributed by atoms with Crippen molar-refractivity contribution in [3.8, 4) is 0 Å². The number of hydrogen-bond acceptors (Lipinski definition) is 6. The lowest BCUT2D eigenvalue weighted by molar-refractivity contribution is -0.146. The van der Waals surface area contributed by atoms with Crippen molar-refractivity contribution in [2.75, 3.05) is 5.84 Å². The third-order valence-electron chi connectivity index (χ3n) is 4.11. The Morgan fingerprint density at radius 3 is 2.56 bits per heavy atom. The lowest BCUT2D eigenvalue weighted by atomic mass is 9.95. The molecule has 2 aromatic heterocycles. The van der Waals surface area contributed by atoms with E-state index in [2.05, 4.69) is 24.0 Å². The fraction of sp³-hybridized carbons (Fsp3) is 0.353. The molecule has 0 aliphatic carbocycles. The zero-order chi connectivity index (χ0) is 19.9. The summed E-state index contributed by atoms with van der Waals surface area (Å²) in [5.41, 5.74) is 2.64. The molecule has 1 aromatic carbocycles. The molecular formula is C17H17F3N4O2S. The molecule has 0 bridgehead atoms. The van der Waals surface area contributed by atoms with Crippen molar-refractivity contribution in [2.24, 2.45) is 0 Å². The molecule has 27 heavy (non-hydrogen) atoms. The van der Waals surface area contributed by atoms with Crippen molar-refractivity contribution < 1.29 is 17.6 Å². The Balaban J connectivity index is 1.99. The number of aryl methyl sites for hydroxylation is 1. The third-order valence-corrected chi connectivity index (χ3v) is 5.11. The minimum absolute atomic E-state index is 0.0973. The lowest BCUT2D eigenvalue weighted by Gasteiger charge is -2.13. The number of hydrogen-bond donors (Lipinski definition) is 1. The summed E-state index contributed by atoms with van der Waals surface area (Å²) in [7, 11) is 0. The van der Waals surface area contributed by atoms with Gasteiger partial charge in [0, 0.05) is 17.2 Å². The van der Waals surface area contributed by atoms with Gasteiger partial charge in [0.25, 0.3) is 5.82 Å². The Hall–Kier alpha value is -2.49. The molecular weight excluding hydrogens is 381 g/mol. The van der Waals surface area contributed by atoms with E-state index >= 15 is 0 Å². The number of thioether (sulfide) groups is 1. The second-order valence-corrected chi connectivity index (χ2v) is 7.36. The molecule has 3 rings (SSSR count). The van der Waals surface area contributed by atoms with E-state index in [0.29, 0.717) is 15.8 Å². The van der Waals surface area contributed by atoms with Crippen LogP contribution < -0.4 is 11.5 Å². The first-order valence-electron chi connectivity index (χ1n) is 8.05. The fourth-order valence-corrected chi connectivity index (χ4v) is 3.69. The molecule has 6 nitrogen and oxygen atoms in total. The monoisotopic (exact) mass is 398 g/mol. The number of rotatable bonds is 4. The Bertz CT molecular complexity index is 1060. The summed E-state index contributed by atoms with van der Waals surface area (Å²) in [6, 6.07) is 5.08. The van der Waals surface area contributed by atoms with Crippen molar-refractivity contribution in [3.05, 3.63) is 51.1 Å². The smallest absolute Gasteiger partial charge is 0.423 e. The van der Waals surface area contributed by atoms with Gasteiger partial charge in [0.2, 0.25) is 5.16 Å². The van der Waals surface area contributed by atoms with Gasteiger partial charge in [-0.2, -0.15) is 13.2 Å². The van der Waals surface area contributed by atoms with Crippen LogP contribution in [0.2, 0.25) is 0 Å². The lowest BCUT2D eigenvalue weighted by Crippen LogP contribution is -2.21. The van der Waals surface area contributed by atoms with Gasteiger partial charge < -0.3 is 10.3 Å². The van der Waals surface area contributed by atoms with E-state index in [0.717, 1.165) is 28.3 Å². The Kier molecular flexibility index (Phi) is 4.94. The molecule has 0 spiro atoms. The number of alkyl halides is 3. The summed E-state index contributed by atoms with van der Waals surface area (Å²) in [6.07, 6.45) is -4.69. The normalized spacial score (nSPS) is 12.3. The summed E-state index contributed by atoms with van der Waals surface area (Å²) < 4.78 is 44.0. The number of nitrogens with two attached hydrogens (primary N) is 1. The quantitative estimate of drug-likeness (QED) is 0.408. The van der Waals surface area contributed by atoms with Crippen LogP contribution in [0.5, 0.6) is 0 Å². The molecule has 0 amide bonds. The Labute approximate surface area is 156 Å². The molecule has 0 saturated heterocycles. The van der Waals surface area contributed by atoms with Gasteiger partial charge in [-0.25, -0.2) is 9.47 Å². The molecule has 3 aromatic rings. The predicted octanol–water partition coefficient (Wildman–Crippen LogP) is 3.84. The molecule has 2 N–H and O–H groups in total. The van der Waals surface area contributed by atoms with Gasteiger partial charge in [0.05, 0.1) is 0 Å². The van der Waals surface area contributed by atoms with Crippen LogP contribution in [0.4, 0.5) is 13.2 Å². The summed E-state index contributed by atoms with van der Waals surface area (Å²) in [6.45, 7) is 6.04. The van der Waals surface area contributed by atoms with E-state index in [9.17, 15) is 18.0 Å².